The molecular formula is C21H24N4O2S. The van der Waals surface area contributed by atoms with Crippen LogP contribution in [0.5, 0.6) is 0 Å². The highest BCUT2D eigenvalue weighted by atomic mass is 32.1. The SMILES string of the molecule is O=C(NCCCc1nc2ccccc2[nH]1)[C@@H]1CCCCN1C(=O)c1cccs1. The number of rotatable bonds is 6. The van der Waals surface area contributed by atoms with E-state index in [1.165, 1.54) is 11.3 Å². The van der Waals surface area contributed by atoms with E-state index >= 15 is 0 Å². The van der Waals surface area contributed by atoms with Crippen LogP contribution < -0.4 is 5.32 Å². The van der Waals surface area contributed by atoms with Crippen molar-refractivity contribution in [3.63, 3.8) is 0 Å². The molecule has 146 valence electrons. The number of aryl methyl sites for hydroxylation is 1. The third-order valence-corrected chi connectivity index (χ3v) is 5.98. The lowest BCUT2D eigenvalue weighted by Crippen LogP contribution is -2.52. The lowest BCUT2D eigenvalue weighted by Gasteiger charge is -2.34. The molecule has 0 spiro atoms. The van der Waals surface area contributed by atoms with Gasteiger partial charge in [-0.3, -0.25) is 9.59 Å². The van der Waals surface area contributed by atoms with Crippen molar-refractivity contribution in [2.24, 2.45) is 0 Å². The zero-order chi connectivity index (χ0) is 19.3. The standard InChI is InChI=1S/C21H24N4O2S/c26-20(17-9-3-4-13-25(17)21(27)18-10-6-14-28-18)22-12-5-11-19-23-15-7-1-2-8-16(15)24-19/h1-2,6-8,10,14,17H,3-5,9,11-13H2,(H,22,26)(H,23,24)/t17-/m0/s1. The fourth-order valence-corrected chi connectivity index (χ4v) is 4.38. The molecule has 1 atom stereocenters. The average molecular weight is 397 g/mol. The van der Waals surface area contributed by atoms with Gasteiger partial charge in [0.15, 0.2) is 0 Å². The molecule has 6 nitrogen and oxygen atoms in total. The van der Waals surface area contributed by atoms with Gasteiger partial charge in [-0.15, -0.1) is 11.3 Å². The number of para-hydroxylation sites is 2. The summed E-state index contributed by atoms with van der Waals surface area (Å²) in [7, 11) is 0. The number of nitrogens with one attached hydrogen (secondary N) is 2. The van der Waals surface area contributed by atoms with Gasteiger partial charge in [0.25, 0.3) is 5.91 Å². The van der Waals surface area contributed by atoms with E-state index in [2.05, 4.69) is 15.3 Å². The Morgan fingerprint density at radius 2 is 2.11 bits per heavy atom. The first-order chi connectivity index (χ1) is 13.7. The molecule has 1 fully saturated rings. The van der Waals surface area contributed by atoms with Crippen molar-refractivity contribution in [3.05, 3.63) is 52.5 Å². The highest BCUT2D eigenvalue weighted by Gasteiger charge is 2.32. The third-order valence-electron chi connectivity index (χ3n) is 5.13. The molecule has 3 heterocycles. The maximum Gasteiger partial charge on any atom is 0.264 e. The molecule has 1 aliphatic rings. The second-order valence-electron chi connectivity index (χ2n) is 7.08. The second kappa shape index (κ2) is 8.56. The first-order valence-corrected chi connectivity index (χ1v) is 10.7. The summed E-state index contributed by atoms with van der Waals surface area (Å²) in [6.07, 6.45) is 4.24. The first-order valence-electron chi connectivity index (χ1n) is 9.78. The number of benzene rings is 1. The molecule has 1 aromatic carbocycles. The van der Waals surface area contributed by atoms with E-state index in [1.54, 1.807) is 4.90 Å². The van der Waals surface area contributed by atoms with Crippen LogP contribution in [0.2, 0.25) is 0 Å². The highest BCUT2D eigenvalue weighted by molar-refractivity contribution is 7.12. The number of thiophene rings is 1. The highest BCUT2D eigenvalue weighted by Crippen LogP contribution is 2.22. The Kier molecular flexibility index (Phi) is 5.71. The average Bonchev–Trinajstić information content (AvgIpc) is 3.40. The molecule has 0 saturated carbocycles. The van der Waals surface area contributed by atoms with Crippen molar-refractivity contribution in [2.75, 3.05) is 13.1 Å². The number of piperidine rings is 1. The number of fused-ring (bicyclic) bond motifs is 1. The number of imidazole rings is 1. The van der Waals surface area contributed by atoms with Gasteiger partial charge < -0.3 is 15.2 Å². The monoisotopic (exact) mass is 396 g/mol. The summed E-state index contributed by atoms with van der Waals surface area (Å²) in [5.74, 6) is 0.856. The maximum absolute atomic E-state index is 12.7. The summed E-state index contributed by atoms with van der Waals surface area (Å²) in [6, 6.07) is 11.3. The van der Waals surface area contributed by atoms with E-state index in [1.807, 2.05) is 41.8 Å². The third kappa shape index (κ3) is 4.09. The molecule has 1 saturated heterocycles. The van der Waals surface area contributed by atoms with Gasteiger partial charge in [-0.2, -0.15) is 0 Å². The maximum atomic E-state index is 12.7. The molecule has 28 heavy (non-hydrogen) atoms. The predicted octanol–water partition coefficient (Wildman–Crippen LogP) is 3.37. The van der Waals surface area contributed by atoms with Crippen LogP contribution in [0.1, 0.15) is 41.2 Å². The molecule has 4 rings (SSSR count). The molecule has 0 bridgehead atoms. The number of carbonyl (C=O) groups is 2. The molecule has 3 aromatic rings. The van der Waals surface area contributed by atoms with Crippen LogP contribution in [0.25, 0.3) is 11.0 Å². The van der Waals surface area contributed by atoms with Crippen molar-refractivity contribution in [2.45, 2.75) is 38.1 Å². The number of aromatic amines is 1. The Labute approximate surface area is 168 Å². The number of H-pyrrole nitrogens is 1. The minimum atomic E-state index is -0.366. The van der Waals surface area contributed by atoms with Gasteiger partial charge in [-0.1, -0.05) is 18.2 Å². The quantitative estimate of drug-likeness (QED) is 0.627. The van der Waals surface area contributed by atoms with Gasteiger partial charge in [0.1, 0.15) is 11.9 Å². The van der Waals surface area contributed by atoms with E-state index in [-0.39, 0.29) is 17.9 Å². The summed E-state index contributed by atoms with van der Waals surface area (Å²) in [5, 5.41) is 4.91. The van der Waals surface area contributed by atoms with Crippen molar-refractivity contribution in [3.8, 4) is 0 Å². The van der Waals surface area contributed by atoms with Crippen LogP contribution in [0.4, 0.5) is 0 Å². The van der Waals surface area contributed by atoms with E-state index < -0.39 is 0 Å². The molecule has 1 aliphatic heterocycles. The molecule has 2 amide bonds. The van der Waals surface area contributed by atoms with E-state index in [4.69, 9.17) is 0 Å². The van der Waals surface area contributed by atoms with Crippen molar-refractivity contribution in [1.29, 1.82) is 0 Å². The molecule has 0 unspecified atom stereocenters. The summed E-state index contributed by atoms with van der Waals surface area (Å²) in [4.78, 5) is 35.7. The normalized spacial score (nSPS) is 17.0. The van der Waals surface area contributed by atoms with Crippen LogP contribution >= 0.6 is 11.3 Å². The molecule has 2 aromatic heterocycles. The molecule has 0 radical (unpaired) electrons. The number of aromatic nitrogens is 2. The zero-order valence-electron chi connectivity index (χ0n) is 15.7. The number of hydrogen-bond donors (Lipinski definition) is 2. The summed E-state index contributed by atoms with van der Waals surface area (Å²) >= 11 is 1.43. The van der Waals surface area contributed by atoms with E-state index in [0.29, 0.717) is 18.0 Å². The summed E-state index contributed by atoms with van der Waals surface area (Å²) in [6.45, 7) is 1.22. The topological polar surface area (TPSA) is 78.1 Å². The van der Waals surface area contributed by atoms with Gasteiger partial charge >= 0.3 is 0 Å². The minimum Gasteiger partial charge on any atom is -0.354 e. The Bertz CT molecular complexity index is 917. The first kappa shape index (κ1) is 18.7. The second-order valence-corrected chi connectivity index (χ2v) is 8.03. The fraction of sp³-hybridized carbons (Fsp3) is 0.381. The van der Waals surface area contributed by atoms with Gasteiger partial charge in [-0.05, 0) is 49.3 Å². The summed E-state index contributed by atoms with van der Waals surface area (Å²) < 4.78 is 0. The number of nitrogens with zero attached hydrogens (tertiary/aromatic N) is 2. The van der Waals surface area contributed by atoms with Gasteiger partial charge in [-0.25, -0.2) is 4.98 Å². The van der Waals surface area contributed by atoms with Gasteiger partial charge in [0.05, 0.1) is 15.9 Å². The van der Waals surface area contributed by atoms with Crippen molar-refractivity contribution < 1.29 is 9.59 Å². The lowest BCUT2D eigenvalue weighted by atomic mass is 10.0. The number of carbonyl (C=O) groups excluding carboxylic acids is 2. The molecule has 2 N–H and O–H groups in total. The predicted molar refractivity (Wildman–Crippen MR) is 110 cm³/mol. The van der Waals surface area contributed by atoms with Crippen LogP contribution in [-0.4, -0.2) is 45.8 Å². The zero-order valence-corrected chi connectivity index (χ0v) is 16.5. The van der Waals surface area contributed by atoms with Crippen LogP contribution in [0.3, 0.4) is 0 Å². The Balaban J connectivity index is 1.30. The van der Waals surface area contributed by atoms with Crippen LogP contribution in [0.15, 0.2) is 41.8 Å². The largest absolute Gasteiger partial charge is 0.354 e. The lowest BCUT2D eigenvalue weighted by molar-refractivity contribution is -0.126. The van der Waals surface area contributed by atoms with Gasteiger partial charge in [0.2, 0.25) is 5.91 Å². The van der Waals surface area contributed by atoms with Crippen LogP contribution in [-0.2, 0) is 11.2 Å². The van der Waals surface area contributed by atoms with E-state index in [0.717, 1.165) is 49.0 Å². The Hall–Kier alpha value is -2.67. The van der Waals surface area contributed by atoms with Crippen molar-refractivity contribution in [1.82, 2.24) is 20.2 Å². The number of hydrogen-bond acceptors (Lipinski definition) is 4. The van der Waals surface area contributed by atoms with Crippen LogP contribution in [0, 0.1) is 0 Å². The Morgan fingerprint density at radius 1 is 1.21 bits per heavy atom. The van der Waals surface area contributed by atoms with Gasteiger partial charge in [0, 0.05) is 19.5 Å². The van der Waals surface area contributed by atoms with E-state index in [9.17, 15) is 9.59 Å². The molecule has 0 aliphatic carbocycles. The fourth-order valence-electron chi connectivity index (χ4n) is 3.70. The molecule has 7 heteroatoms. The number of likely N-dealkylation sites (tertiary alicyclic amines) is 1. The smallest absolute Gasteiger partial charge is 0.264 e. The number of amides is 2. The molecular weight excluding hydrogens is 372 g/mol. The minimum absolute atomic E-state index is 0.0304. The summed E-state index contributed by atoms with van der Waals surface area (Å²) in [5.41, 5.74) is 2.00. The Morgan fingerprint density at radius 3 is 2.93 bits per heavy atom. The van der Waals surface area contributed by atoms with Crippen molar-refractivity contribution >= 4 is 34.2 Å².